The molecule has 0 bridgehead atoms. The van der Waals surface area contributed by atoms with E-state index in [2.05, 4.69) is 4.98 Å². The van der Waals surface area contributed by atoms with Crippen molar-refractivity contribution >= 4 is 22.5 Å². The number of hydrogen-bond acceptors (Lipinski definition) is 4. The Bertz CT molecular complexity index is 934. The fraction of sp³-hybridized carbons (Fsp3) is 0.286. The maximum atomic E-state index is 13.0. The zero-order valence-corrected chi connectivity index (χ0v) is 16.0. The molecule has 0 spiro atoms. The fourth-order valence-electron chi connectivity index (χ4n) is 3.33. The predicted octanol–water partition coefficient (Wildman–Crippen LogP) is 3.79. The van der Waals surface area contributed by atoms with E-state index < -0.39 is 0 Å². The van der Waals surface area contributed by atoms with Crippen molar-refractivity contribution in [3.63, 3.8) is 0 Å². The number of amides is 1. The van der Waals surface area contributed by atoms with Gasteiger partial charge in [0.25, 0.3) is 0 Å². The van der Waals surface area contributed by atoms with Gasteiger partial charge >= 0.3 is 0 Å². The van der Waals surface area contributed by atoms with Gasteiger partial charge in [-0.25, -0.2) is 0 Å². The molecule has 0 aliphatic heterocycles. The number of para-hydroxylation sites is 1. The molecule has 27 heavy (non-hydrogen) atoms. The summed E-state index contributed by atoms with van der Waals surface area (Å²) in [6.45, 7) is 2.56. The van der Waals surface area contributed by atoms with Crippen LogP contribution in [-0.4, -0.2) is 38.8 Å². The largest absolute Gasteiger partial charge is 0.493 e. The maximum Gasteiger partial charge on any atom is 0.231 e. The van der Waals surface area contributed by atoms with E-state index in [0.29, 0.717) is 23.8 Å². The number of methoxy groups -OCH3 is 3. The van der Waals surface area contributed by atoms with Crippen LogP contribution >= 0.6 is 0 Å². The zero-order chi connectivity index (χ0) is 19.4. The van der Waals surface area contributed by atoms with E-state index in [-0.39, 0.29) is 12.3 Å². The number of nitrogens with one attached hydrogen (secondary N) is 1. The standard InChI is InChI=1S/C21H24N2O4/c1-5-23(15-9-7-6-8-10-15)18(24)11-14-13-22-16-12-17(25-2)20(26-3)21(27-4)19(14)16/h6-10,12-13,22H,5,11H2,1-4H3. The Balaban J connectivity index is 2.01. The lowest BCUT2D eigenvalue weighted by Crippen LogP contribution is -2.31. The van der Waals surface area contributed by atoms with E-state index in [1.165, 1.54) is 0 Å². The van der Waals surface area contributed by atoms with Crippen LogP contribution in [0.2, 0.25) is 0 Å². The second-order valence-corrected chi connectivity index (χ2v) is 6.03. The van der Waals surface area contributed by atoms with Gasteiger partial charge in [-0.05, 0) is 24.6 Å². The summed E-state index contributed by atoms with van der Waals surface area (Å²) >= 11 is 0. The van der Waals surface area contributed by atoms with E-state index >= 15 is 0 Å². The van der Waals surface area contributed by atoms with Crippen molar-refractivity contribution < 1.29 is 19.0 Å². The molecular formula is C21H24N2O4. The van der Waals surface area contributed by atoms with Crippen molar-refractivity contribution in [3.8, 4) is 17.2 Å². The van der Waals surface area contributed by atoms with Crippen LogP contribution in [-0.2, 0) is 11.2 Å². The van der Waals surface area contributed by atoms with Gasteiger partial charge < -0.3 is 24.1 Å². The minimum atomic E-state index is 0.0152. The topological polar surface area (TPSA) is 63.8 Å². The van der Waals surface area contributed by atoms with Crippen molar-refractivity contribution in [2.45, 2.75) is 13.3 Å². The van der Waals surface area contributed by atoms with E-state index in [1.54, 1.807) is 26.2 Å². The van der Waals surface area contributed by atoms with Gasteiger partial charge in [0, 0.05) is 29.9 Å². The Morgan fingerprint density at radius 1 is 1.04 bits per heavy atom. The molecule has 0 unspecified atom stereocenters. The molecule has 1 N–H and O–H groups in total. The van der Waals surface area contributed by atoms with Crippen molar-refractivity contribution in [1.82, 2.24) is 4.98 Å². The van der Waals surface area contributed by atoms with Crippen molar-refractivity contribution in [2.24, 2.45) is 0 Å². The second-order valence-electron chi connectivity index (χ2n) is 6.03. The molecule has 1 heterocycles. The summed E-state index contributed by atoms with van der Waals surface area (Å²) in [5.74, 6) is 1.65. The van der Waals surface area contributed by atoms with E-state index in [4.69, 9.17) is 14.2 Å². The highest BCUT2D eigenvalue weighted by Crippen LogP contribution is 2.44. The number of likely N-dealkylation sites (N-methyl/N-ethyl adjacent to an activating group) is 1. The number of rotatable bonds is 7. The molecule has 6 nitrogen and oxygen atoms in total. The van der Waals surface area contributed by atoms with E-state index in [9.17, 15) is 4.79 Å². The Morgan fingerprint density at radius 2 is 1.74 bits per heavy atom. The Hall–Kier alpha value is -3.15. The first-order valence-corrected chi connectivity index (χ1v) is 8.78. The summed E-state index contributed by atoms with van der Waals surface area (Å²) in [6.07, 6.45) is 2.08. The third kappa shape index (κ3) is 3.43. The van der Waals surface area contributed by atoms with Crippen LogP contribution < -0.4 is 19.1 Å². The molecule has 1 amide bonds. The fourth-order valence-corrected chi connectivity index (χ4v) is 3.33. The highest BCUT2D eigenvalue weighted by Gasteiger charge is 2.22. The van der Waals surface area contributed by atoms with Crippen LogP contribution in [0, 0.1) is 0 Å². The number of aromatic nitrogens is 1. The molecule has 0 aliphatic rings. The predicted molar refractivity (Wildman–Crippen MR) is 106 cm³/mol. The average Bonchev–Trinajstić information content (AvgIpc) is 3.10. The summed E-state index contributed by atoms with van der Waals surface area (Å²) in [5.41, 5.74) is 2.56. The van der Waals surface area contributed by atoms with Crippen LogP contribution in [0.1, 0.15) is 12.5 Å². The number of fused-ring (bicyclic) bond motifs is 1. The number of H-pyrrole nitrogens is 1. The molecule has 0 aliphatic carbocycles. The van der Waals surface area contributed by atoms with Crippen molar-refractivity contribution in [3.05, 3.63) is 48.2 Å². The van der Waals surface area contributed by atoms with Crippen molar-refractivity contribution in [1.29, 1.82) is 0 Å². The molecule has 0 fully saturated rings. The lowest BCUT2D eigenvalue weighted by molar-refractivity contribution is -0.117. The summed E-state index contributed by atoms with van der Waals surface area (Å²) in [6, 6.07) is 11.5. The Labute approximate surface area is 158 Å². The molecular weight excluding hydrogens is 344 g/mol. The first kappa shape index (κ1) is 18.6. The number of ether oxygens (including phenoxy) is 3. The van der Waals surface area contributed by atoms with Gasteiger partial charge in [-0.1, -0.05) is 18.2 Å². The minimum absolute atomic E-state index is 0.0152. The first-order chi connectivity index (χ1) is 13.1. The second kappa shape index (κ2) is 8.03. The average molecular weight is 368 g/mol. The highest BCUT2D eigenvalue weighted by atomic mass is 16.5. The summed E-state index contributed by atoms with van der Waals surface area (Å²) < 4.78 is 16.5. The zero-order valence-electron chi connectivity index (χ0n) is 16.0. The molecule has 2 aromatic carbocycles. The highest BCUT2D eigenvalue weighted by molar-refractivity contribution is 6.00. The van der Waals surface area contributed by atoms with Crippen LogP contribution in [0.3, 0.4) is 0 Å². The molecule has 0 saturated carbocycles. The normalized spacial score (nSPS) is 10.7. The van der Waals surface area contributed by atoms with Crippen LogP contribution in [0.5, 0.6) is 17.2 Å². The molecule has 6 heteroatoms. The van der Waals surface area contributed by atoms with Crippen LogP contribution in [0.4, 0.5) is 5.69 Å². The van der Waals surface area contributed by atoms with Gasteiger partial charge in [0.1, 0.15) is 0 Å². The lowest BCUT2D eigenvalue weighted by atomic mass is 10.1. The summed E-state index contributed by atoms with van der Waals surface area (Å²) in [7, 11) is 4.73. The Kier molecular flexibility index (Phi) is 5.54. The van der Waals surface area contributed by atoms with Gasteiger partial charge in [0.05, 0.1) is 33.3 Å². The molecule has 0 saturated heterocycles. The lowest BCUT2D eigenvalue weighted by Gasteiger charge is -2.21. The van der Waals surface area contributed by atoms with Gasteiger partial charge in [-0.2, -0.15) is 0 Å². The third-order valence-electron chi connectivity index (χ3n) is 4.58. The minimum Gasteiger partial charge on any atom is -0.493 e. The number of carbonyl (C=O) groups is 1. The molecule has 1 aromatic heterocycles. The number of nitrogens with zero attached hydrogens (tertiary/aromatic N) is 1. The number of aromatic amines is 1. The molecule has 0 radical (unpaired) electrons. The van der Waals surface area contributed by atoms with Crippen LogP contribution in [0.15, 0.2) is 42.6 Å². The summed E-state index contributed by atoms with van der Waals surface area (Å²) in [5, 5.41) is 0.826. The van der Waals surface area contributed by atoms with Gasteiger partial charge in [-0.15, -0.1) is 0 Å². The quantitative estimate of drug-likeness (QED) is 0.689. The molecule has 3 aromatic rings. The molecule has 3 rings (SSSR count). The molecule has 142 valence electrons. The number of anilines is 1. The van der Waals surface area contributed by atoms with Crippen molar-refractivity contribution in [2.75, 3.05) is 32.8 Å². The third-order valence-corrected chi connectivity index (χ3v) is 4.58. The van der Waals surface area contributed by atoms with Crippen LogP contribution in [0.25, 0.3) is 10.9 Å². The first-order valence-electron chi connectivity index (χ1n) is 8.78. The van der Waals surface area contributed by atoms with E-state index in [0.717, 1.165) is 22.2 Å². The molecule has 0 atom stereocenters. The van der Waals surface area contributed by atoms with Gasteiger partial charge in [-0.3, -0.25) is 4.79 Å². The monoisotopic (exact) mass is 368 g/mol. The SMILES string of the molecule is CCN(C(=O)Cc1c[nH]c2cc(OC)c(OC)c(OC)c12)c1ccccc1. The Morgan fingerprint density at radius 3 is 2.33 bits per heavy atom. The van der Waals surface area contributed by atoms with Gasteiger partial charge in [0.15, 0.2) is 11.5 Å². The number of benzene rings is 2. The van der Waals surface area contributed by atoms with Gasteiger partial charge in [0.2, 0.25) is 11.7 Å². The smallest absolute Gasteiger partial charge is 0.231 e. The summed E-state index contributed by atoms with van der Waals surface area (Å²) in [4.78, 5) is 18.0. The number of carbonyl (C=O) groups excluding carboxylic acids is 1. The maximum absolute atomic E-state index is 13.0. The van der Waals surface area contributed by atoms with E-state index in [1.807, 2.05) is 49.5 Å². The number of hydrogen-bond donors (Lipinski definition) is 1.